The molecule has 0 saturated carbocycles. The first-order valence-corrected chi connectivity index (χ1v) is 8.49. The van der Waals surface area contributed by atoms with Crippen molar-refractivity contribution in [2.24, 2.45) is 4.99 Å². The molecule has 0 atom stereocenters. The number of carbonyl (C=O) groups excluding carboxylic acids is 1. The van der Waals surface area contributed by atoms with Crippen molar-refractivity contribution in [3.63, 3.8) is 0 Å². The number of carbonyl (C=O) groups is 1. The molecule has 0 bridgehead atoms. The summed E-state index contributed by atoms with van der Waals surface area (Å²) in [6.45, 7) is 8.00. The van der Waals surface area contributed by atoms with Gasteiger partial charge in [-0.15, -0.1) is 11.3 Å². The normalized spacial score (nSPS) is 15.6. The fourth-order valence-corrected chi connectivity index (χ4v) is 3.28. The largest absolute Gasteiger partial charge is 0.444 e. The van der Waals surface area contributed by atoms with E-state index in [4.69, 9.17) is 4.74 Å². The van der Waals surface area contributed by atoms with Crippen LogP contribution in [0.1, 0.15) is 25.6 Å². The highest BCUT2D eigenvalue weighted by Gasteiger charge is 2.24. The van der Waals surface area contributed by atoms with Crippen LogP contribution in [0.4, 0.5) is 4.79 Å². The monoisotopic (exact) mass is 373 g/mol. The molecule has 0 fully saturated rings. The van der Waals surface area contributed by atoms with Crippen LogP contribution in [0.3, 0.4) is 0 Å². The molecule has 1 aromatic heterocycles. The molecule has 1 N–H and O–H groups in total. The van der Waals surface area contributed by atoms with Crippen LogP contribution in [0, 0.1) is 0 Å². The van der Waals surface area contributed by atoms with Gasteiger partial charge in [0.25, 0.3) is 0 Å². The third-order valence-corrected chi connectivity index (χ3v) is 4.74. The molecule has 116 valence electrons. The van der Waals surface area contributed by atoms with Crippen molar-refractivity contribution in [2.75, 3.05) is 19.6 Å². The van der Waals surface area contributed by atoms with Crippen molar-refractivity contribution in [3.8, 4) is 0 Å². The van der Waals surface area contributed by atoms with Crippen LogP contribution in [0.15, 0.2) is 20.9 Å². The standard InChI is InChI=1S/C14H20BrN3O2S/c1-14(2,3)20-13(19)18-6-5-16-12(9-18)17-8-11-10(15)4-7-21-11/h4,7H,5-6,8-9H2,1-3H3,(H,16,17). The van der Waals surface area contributed by atoms with Crippen LogP contribution in [0.25, 0.3) is 0 Å². The van der Waals surface area contributed by atoms with Gasteiger partial charge >= 0.3 is 6.09 Å². The second-order valence-electron chi connectivity index (χ2n) is 5.78. The van der Waals surface area contributed by atoms with Gasteiger partial charge in [-0.25, -0.2) is 4.79 Å². The van der Waals surface area contributed by atoms with Gasteiger partial charge in [0.15, 0.2) is 0 Å². The lowest BCUT2D eigenvalue weighted by Gasteiger charge is -2.29. The summed E-state index contributed by atoms with van der Waals surface area (Å²) in [4.78, 5) is 19.4. The lowest BCUT2D eigenvalue weighted by atomic mass is 10.2. The second kappa shape index (κ2) is 6.79. The van der Waals surface area contributed by atoms with Gasteiger partial charge in [0.05, 0.1) is 19.6 Å². The van der Waals surface area contributed by atoms with E-state index in [0.717, 1.165) is 10.3 Å². The fourth-order valence-electron chi connectivity index (χ4n) is 1.84. The van der Waals surface area contributed by atoms with Crippen molar-refractivity contribution < 1.29 is 9.53 Å². The molecule has 0 spiro atoms. The Hall–Kier alpha value is -1.08. The maximum atomic E-state index is 12.1. The minimum absolute atomic E-state index is 0.283. The first-order chi connectivity index (χ1) is 9.85. The zero-order chi connectivity index (χ0) is 15.5. The summed E-state index contributed by atoms with van der Waals surface area (Å²) >= 11 is 5.19. The molecular formula is C14H20BrN3O2S. The third kappa shape index (κ3) is 5.00. The molecule has 0 radical (unpaired) electrons. The van der Waals surface area contributed by atoms with Crippen molar-refractivity contribution in [1.82, 2.24) is 10.2 Å². The highest BCUT2D eigenvalue weighted by molar-refractivity contribution is 9.10. The Balaban J connectivity index is 1.87. The highest BCUT2D eigenvalue weighted by Crippen LogP contribution is 2.22. The number of amidine groups is 1. The molecule has 2 heterocycles. The van der Waals surface area contributed by atoms with E-state index in [0.29, 0.717) is 26.2 Å². The zero-order valence-electron chi connectivity index (χ0n) is 12.5. The van der Waals surface area contributed by atoms with E-state index in [1.165, 1.54) is 4.88 Å². The Morgan fingerprint density at radius 3 is 2.95 bits per heavy atom. The average molecular weight is 374 g/mol. The van der Waals surface area contributed by atoms with E-state index in [9.17, 15) is 4.79 Å². The minimum atomic E-state index is -0.471. The molecule has 21 heavy (non-hydrogen) atoms. The summed E-state index contributed by atoms with van der Waals surface area (Å²) in [7, 11) is 0. The van der Waals surface area contributed by atoms with Crippen LogP contribution < -0.4 is 5.32 Å². The number of halogens is 1. The molecule has 1 aromatic rings. The molecule has 0 aromatic carbocycles. The summed E-state index contributed by atoms with van der Waals surface area (Å²) in [5, 5.41) is 5.33. The number of hydrogen-bond acceptors (Lipinski definition) is 5. The molecule has 1 aliphatic rings. The van der Waals surface area contributed by atoms with Crippen LogP contribution in [-0.2, 0) is 11.3 Å². The predicted molar refractivity (Wildman–Crippen MR) is 89.0 cm³/mol. The van der Waals surface area contributed by atoms with Crippen LogP contribution in [-0.4, -0.2) is 42.1 Å². The van der Waals surface area contributed by atoms with Gasteiger partial charge < -0.3 is 10.1 Å². The highest BCUT2D eigenvalue weighted by atomic mass is 79.9. The van der Waals surface area contributed by atoms with Crippen LogP contribution in [0.2, 0.25) is 0 Å². The fraction of sp³-hybridized carbons (Fsp3) is 0.571. The van der Waals surface area contributed by atoms with E-state index in [2.05, 4.69) is 26.2 Å². The van der Waals surface area contributed by atoms with Crippen LogP contribution >= 0.6 is 27.3 Å². The lowest BCUT2D eigenvalue weighted by molar-refractivity contribution is 0.0276. The molecule has 0 saturated heterocycles. The number of thiophene rings is 1. The summed E-state index contributed by atoms with van der Waals surface area (Å²) in [6.07, 6.45) is -0.283. The molecule has 7 heteroatoms. The number of hydrogen-bond donors (Lipinski definition) is 1. The van der Waals surface area contributed by atoms with Gasteiger partial charge in [-0.05, 0) is 48.1 Å². The minimum Gasteiger partial charge on any atom is -0.444 e. The topological polar surface area (TPSA) is 53.9 Å². The summed E-state index contributed by atoms with van der Waals surface area (Å²) in [6, 6.07) is 2.03. The van der Waals surface area contributed by atoms with Crippen molar-refractivity contribution in [2.45, 2.75) is 32.9 Å². The van der Waals surface area contributed by atoms with Gasteiger partial charge in [-0.1, -0.05) is 0 Å². The molecular weight excluding hydrogens is 354 g/mol. The predicted octanol–water partition coefficient (Wildman–Crippen LogP) is 3.25. The second-order valence-corrected chi connectivity index (χ2v) is 7.63. The van der Waals surface area contributed by atoms with E-state index < -0.39 is 5.60 Å². The maximum Gasteiger partial charge on any atom is 0.410 e. The summed E-state index contributed by atoms with van der Waals surface area (Å²) < 4.78 is 6.49. The zero-order valence-corrected chi connectivity index (χ0v) is 14.9. The number of rotatable bonds is 2. The van der Waals surface area contributed by atoms with E-state index >= 15 is 0 Å². The van der Waals surface area contributed by atoms with E-state index in [-0.39, 0.29) is 6.09 Å². The molecule has 5 nitrogen and oxygen atoms in total. The number of nitrogens with one attached hydrogen (secondary N) is 1. The van der Waals surface area contributed by atoms with Gasteiger partial charge in [0.2, 0.25) is 0 Å². The van der Waals surface area contributed by atoms with Crippen molar-refractivity contribution in [1.29, 1.82) is 0 Å². The first kappa shape index (κ1) is 16.3. The molecule has 1 aliphatic heterocycles. The Labute approximate surface area is 137 Å². The third-order valence-electron chi connectivity index (χ3n) is 2.81. The first-order valence-electron chi connectivity index (χ1n) is 6.82. The Morgan fingerprint density at radius 1 is 1.57 bits per heavy atom. The average Bonchev–Trinajstić information content (AvgIpc) is 2.80. The van der Waals surface area contributed by atoms with Crippen LogP contribution in [0.5, 0.6) is 0 Å². The SMILES string of the molecule is CC(C)(C)OC(=O)N1CCN=C(NCc2sccc2Br)C1. The molecule has 1 amide bonds. The van der Waals surface area contributed by atoms with Crippen molar-refractivity contribution in [3.05, 3.63) is 20.8 Å². The summed E-state index contributed by atoms with van der Waals surface area (Å²) in [5.74, 6) is 0.826. The van der Waals surface area contributed by atoms with Gasteiger partial charge in [-0.3, -0.25) is 9.89 Å². The Bertz CT molecular complexity index is 537. The van der Waals surface area contributed by atoms with Gasteiger partial charge in [0.1, 0.15) is 11.4 Å². The summed E-state index contributed by atoms with van der Waals surface area (Å²) in [5.41, 5.74) is -0.471. The number of aliphatic imine (C=N–C) groups is 1. The number of amides is 1. The van der Waals surface area contributed by atoms with Gasteiger partial charge in [-0.2, -0.15) is 0 Å². The molecule has 0 unspecified atom stereocenters. The number of nitrogens with zero attached hydrogens (tertiary/aromatic N) is 2. The van der Waals surface area contributed by atoms with E-state index in [1.807, 2.05) is 32.2 Å². The quantitative estimate of drug-likeness (QED) is 0.865. The van der Waals surface area contributed by atoms with Gasteiger partial charge in [0, 0.05) is 15.9 Å². The maximum absolute atomic E-state index is 12.1. The molecule has 0 aliphatic carbocycles. The number of ether oxygens (including phenoxy) is 1. The smallest absolute Gasteiger partial charge is 0.410 e. The lowest BCUT2D eigenvalue weighted by Crippen LogP contribution is -2.47. The van der Waals surface area contributed by atoms with Crippen molar-refractivity contribution >= 4 is 39.2 Å². The van der Waals surface area contributed by atoms with E-state index in [1.54, 1.807) is 16.2 Å². The Morgan fingerprint density at radius 2 is 2.33 bits per heavy atom. The molecule has 2 rings (SSSR count). The Kier molecular flexibility index (Phi) is 5.27.